The van der Waals surface area contributed by atoms with E-state index < -0.39 is 0 Å². The number of carbonyl (C=O) groups excluding carboxylic acids is 1. The summed E-state index contributed by atoms with van der Waals surface area (Å²) < 4.78 is 8.33. The highest BCUT2D eigenvalue weighted by molar-refractivity contribution is 6.32. The maximum atomic E-state index is 11.6. The summed E-state index contributed by atoms with van der Waals surface area (Å²) in [7, 11) is 0. The number of carbonyl (C=O) groups is 1. The third-order valence-electron chi connectivity index (χ3n) is 5.94. The van der Waals surface area contributed by atoms with Crippen molar-refractivity contribution in [3.63, 3.8) is 0 Å². The molecule has 1 aromatic heterocycles. The van der Waals surface area contributed by atoms with E-state index in [1.807, 2.05) is 32.0 Å². The molecule has 34 heavy (non-hydrogen) atoms. The molecule has 0 aliphatic heterocycles. The van der Waals surface area contributed by atoms with Gasteiger partial charge in [0.05, 0.1) is 17.6 Å². The van der Waals surface area contributed by atoms with E-state index in [0.29, 0.717) is 18.7 Å². The Kier molecular flexibility index (Phi) is 9.58. The van der Waals surface area contributed by atoms with E-state index in [2.05, 4.69) is 34.7 Å². The lowest BCUT2D eigenvalue weighted by atomic mass is 10.1. The van der Waals surface area contributed by atoms with Crippen molar-refractivity contribution < 1.29 is 9.53 Å². The van der Waals surface area contributed by atoms with Gasteiger partial charge in [-0.25, -0.2) is 4.98 Å². The summed E-state index contributed by atoms with van der Waals surface area (Å²) in [6.07, 6.45) is 5.97. The zero-order chi connectivity index (χ0) is 24.5. The van der Waals surface area contributed by atoms with E-state index in [1.54, 1.807) is 6.92 Å². The predicted octanol–water partition coefficient (Wildman–Crippen LogP) is 6.57. The number of para-hydroxylation sites is 2. The molecule has 0 saturated heterocycles. The fraction of sp³-hybridized carbons (Fsp3) is 0.429. The first-order chi connectivity index (χ1) is 16.4. The predicted molar refractivity (Wildman–Crippen MR) is 141 cm³/mol. The van der Waals surface area contributed by atoms with Crippen molar-refractivity contribution in [2.24, 2.45) is 0 Å². The Bertz CT molecular complexity index is 1110. The van der Waals surface area contributed by atoms with Crippen LogP contribution in [0.2, 0.25) is 5.02 Å². The quantitative estimate of drug-likeness (QED) is 0.222. The molecule has 1 N–H and O–H groups in total. The summed E-state index contributed by atoms with van der Waals surface area (Å²) in [4.78, 5) is 16.5. The van der Waals surface area contributed by atoms with Gasteiger partial charge in [-0.1, -0.05) is 36.7 Å². The number of rotatable bonds is 13. The molecule has 3 rings (SSSR count). The van der Waals surface area contributed by atoms with Gasteiger partial charge in [0.25, 0.3) is 0 Å². The number of benzene rings is 2. The van der Waals surface area contributed by atoms with Gasteiger partial charge in [0.2, 0.25) is 5.91 Å². The maximum absolute atomic E-state index is 11.6. The molecule has 0 aliphatic carbocycles. The van der Waals surface area contributed by atoms with Gasteiger partial charge in [-0.05, 0) is 81.8 Å². The van der Waals surface area contributed by atoms with Crippen molar-refractivity contribution in [2.45, 2.75) is 65.8 Å². The SMILES string of the molecule is C=C(C)C(=O)NCCCCCc1nc2ccccc2n1CCCCOc1cc(C)c(Cl)c(C)c1. The molecule has 6 heteroatoms. The van der Waals surface area contributed by atoms with E-state index in [1.165, 1.54) is 5.52 Å². The van der Waals surface area contributed by atoms with Gasteiger partial charge in [-0.15, -0.1) is 0 Å². The van der Waals surface area contributed by atoms with E-state index >= 15 is 0 Å². The van der Waals surface area contributed by atoms with Crippen LogP contribution in [-0.4, -0.2) is 28.6 Å². The standard InChI is InChI=1S/C28H36ClN3O2/c1-20(2)28(33)30-15-9-5-6-14-26-31-24-12-7-8-13-25(24)32(26)16-10-11-17-34-23-18-21(3)27(29)22(4)19-23/h7-8,12-13,18-19H,1,5-6,9-11,14-17H2,2-4H3,(H,30,33). The molecule has 0 fully saturated rings. The second-order valence-electron chi connectivity index (χ2n) is 8.94. The van der Waals surface area contributed by atoms with Gasteiger partial charge in [-0.3, -0.25) is 4.79 Å². The molecule has 0 bridgehead atoms. The number of fused-ring (bicyclic) bond motifs is 1. The first-order valence-corrected chi connectivity index (χ1v) is 12.5. The average Bonchev–Trinajstić information content (AvgIpc) is 3.16. The van der Waals surface area contributed by atoms with Gasteiger partial charge in [-0.2, -0.15) is 0 Å². The molecule has 0 saturated carbocycles. The number of ether oxygens (including phenoxy) is 1. The second-order valence-corrected chi connectivity index (χ2v) is 9.32. The van der Waals surface area contributed by atoms with Gasteiger partial charge >= 0.3 is 0 Å². The summed E-state index contributed by atoms with van der Waals surface area (Å²) in [5.74, 6) is 1.96. The highest BCUT2D eigenvalue weighted by Crippen LogP contribution is 2.26. The lowest BCUT2D eigenvalue weighted by Gasteiger charge is -2.12. The van der Waals surface area contributed by atoms with Crippen LogP contribution in [0, 0.1) is 13.8 Å². The number of nitrogens with one attached hydrogen (secondary N) is 1. The fourth-order valence-electron chi connectivity index (χ4n) is 4.05. The molecule has 1 amide bonds. The van der Waals surface area contributed by atoms with E-state index in [-0.39, 0.29) is 5.91 Å². The summed E-state index contributed by atoms with van der Waals surface area (Å²) in [5, 5.41) is 3.71. The molecular formula is C28H36ClN3O2. The van der Waals surface area contributed by atoms with Crippen molar-refractivity contribution in [1.82, 2.24) is 14.9 Å². The Morgan fingerprint density at radius 3 is 2.56 bits per heavy atom. The lowest BCUT2D eigenvalue weighted by molar-refractivity contribution is -0.117. The highest BCUT2D eigenvalue weighted by Gasteiger charge is 2.10. The van der Waals surface area contributed by atoms with Gasteiger partial charge in [0.15, 0.2) is 0 Å². The Labute approximate surface area is 208 Å². The average molecular weight is 482 g/mol. The van der Waals surface area contributed by atoms with Crippen LogP contribution < -0.4 is 10.1 Å². The summed E-state index contributed by atoms with van der Waals surface area (Å²) in [6, 6.07) is 12.3. The topological polar surface area (TPSA) is 56.2 Å². The Morgan fingerprint density at radius 1 is 1.09 bits per heavy atom. The second kappa shape index (κ2) is 12.6. The minimum Gasteiger partial charge on any atom is -0.494 e. The Hall–Kier alpha value is -2.79. The van der Waals surface area contributed by atoms with Crippen LogP contribution >= 0.6 is 11.6 Å². The third-order valence-corrected chi connectivity index (χ3v) is 6.53. The van der Waals surface area contributed by atoms with Crippen LogP contribution in [0.3, 0.4) is 0 Å². The number of aromatic nitrogens is 2. The first kappa shape index (κ1) is 25.8. The van der Waals surface area contributed by atoms with E-state index in [9.17, 15) is 4.79 Å². The van der Waals surface area contributed by atoms with Crippen molar-refractivity contribution >= 4 is 28.5 Å². The Morgan fingerprint density at radius 2 is 1.82 bits per heavy atom. The van der Waals surface area contributed by atoms with Crippen LogP contribution in [0.15, 0.2) is 48.6 Å². The van der Waals surface area contributed by atoms with Gasteiger partial charge in [0, 0.05) is 30.1 Å². The summed E-state index contributed by atoms with van der Waals surface area (Å²) >= 11 is 6.25. The minimum atomic E-state index is -0.0629. The molecule has 0 spiro atoms. The van der Waals surface area contributed by atoms with Crippen LogP contribution in [-0.2, 0) is 17.8 Å². The number of halogens is 1. The van der Waals surface area contributed by atoms with E-state index in [0.717, 1.165) is 78.3 Å². The third kappa shape index (κ3) is 7.10. The van der Waals surface area contributed by atoms with Crippen molar-refractivity contribution in [3.05, 3.63) is 70.5 Å². The molecule has 1 heterocycles. The number of hydrogen-bond acceptors (Lipinski definition) is 3. The molecule has 0 aliphatic rings. The summed E-state index contributed by atoms with van der Waals surface area (Å²) in [6.45, 7) is 11.7. The molecular weight excluding hydrogens is 446 g/mol. The molecule has 5 nitrogen and oxygen atoms in total. The zero-order valence-electron chi connectivity index (χ0n) is 20.6. The molecule has 3 aromatic rings. The molecule has 0 unspecified atom stereocenters. The molecule has 2 aromatic carbocycles. The van der Waals surface area contributed by atoms with Crippen LogP contribution in [0.4, 0.5) is 0 Å². The number of aryl methyl sites for hydroxylation is 4. The van der Waals surface area contributed by atoms with Crippen LogP contribution in [0.5, 0.6) is 5.75 Å². The van der Waals surface area contributed by atoms with Gasteiger partial charge < -0.3 is 14.6 Å². The Balaban J connectivity index is 1.48. The number of hydrogen-bond donors (Lipinski definition) is 1. The van der Waals surface area contributed by atoms with Crippen molar-refractivity contribution in [2.75, 3.05) is 13.2 Å². The summed E-state index contributed by atoms with van der Waals surface area (Å²) in [5.41, 5.74) is 4.89. The number of imidazole rings is 1. The van der Waals surface area contributed by atoms with Crippen molar-refractivity contribution in [1.29, 1.82) is 0 Å². The van der Waals surface area contributed by atoms with Gasteiger partial charge in [0.1, 0.15) is 11.6 Å². The molecule has 0 radical (unpaired) electrons. The minimum absolute atomic E-state index is 0.0629. The largest absolute Gasteiger partial charge is 0.494 e. The first-order valence-electron chi connectivity index (χ1n) is 12.1. The number of unbranched alkanes of at least 4 members (excludes halogenated alkanes) is 3. The molecule has 0 atom stereocenters. The monoisotopic (exact) mass is 481 g/mol. The lowest BCUT2D eigenvalue weighted by Crippen LogP contribution is -2.24. The highest BCUT2D eigenvalue weighted by atomic mass is 35.5. The fourth-order valence-corrected chi connectivity index (χ4v) is 4.16. The normalized spacial score (nSPS) is 11.1. The zero-order valence-corrected chi connectivity index (χ0v) is 21.4. The smallest absolute Gasteiger partial charge is 0.246 e. The van der Waals surface area contributed by atoms with Crippen LogP contribution in [0.25, 0.3) is 11.0 Å². The molecule has 182 valence electrons. The maximum Gasteiger partial charge on any atom is 0.246 e. The number of nitrogens with zero attached hydrogens (tertiary/aromatic N) is 2. The number of amides is 1. The van der Waals surface area contributed by atoms with Crippen LogP contribution in [0.1, 0.15) is 56.0 Å². The van der Waals surface area contributed by atoms with Crippen molar-refractivity contribution in [3.8, 4) is 5.75 Å². The van der Waals surface area contributed by atoms with E-state index in [4.69, 9.17) is 21.3 Å².